The molecule has 8 nitrogen and oxygen atoms in total. The Bertz CT molecular complexity index is 820. The Kier molecular flexibility index (Phi) is 5.86. The van der Waals surface area contributed by atoms with Crippen molar-refractivity contribution in [1.29, 1.82) is 0 Å². The third-order valence-corrected chi connectivity index (χ3v) is 4.76. The highest BCUT2D eigenvalue weighted by molar-refractivity contribution is 6.33. The Hall–Kier alpha value is -2.32. The zero-order valence-corrected chi connectivity index (χ0v) is 16.5. The normalized spacial score (nSPS) is 14.8. The van der Waals surface area contributed by atoms with Crippen LogP contribution in [0.4, 0.5) is 0 Å². The van der Waals surface area contributed by atoms with Crippen LogP contribution in [0.1, 0.15) is 39.0 Å². The molecule has 0 unspecified atom stereocenters. The van der Waals surface area contributed by atoms with Gasteiger partial charge in [-0.25, -0.2) is 19.9 Å². The highest BCUT2D eigenvalue weighted by atomic mass is 35.5. The first-order valence-electron chi connectivity index (χ1n) is 8.43. The molecule has 0 saturated carbocycles. The number of carbonyl (C=O) groups excluding carboxylic acids is 2. The van der Waals surface area contributed by atoms with Gasteiger partial charge in [-0.05, 0) is 20.3 Å². The zero-order valence-electron chi connectivity index (χ0n) is 14.9. The van der Waals surface area contributed by atoms with E-state index in [2.05, 4.69) is 19.9 Å². The van der Waals surface area contributed by atoms with E-state index in [1.807, 2.05) is 0 Å². The van der Waals surface area contributed by atoms with Gasteiger partial charge in [0, 0.05) is 26.2 Å². The number of carbonyl (C=O) groups is 2. The lowest BCUT2D eigenvalue weighted by Crippen LogP contribution is -2.38. The fourth-order valence-electron chi connectivity index (χ4n) is 2.83. The van der Waals surface area contributed by atoms with Crippen molar-refractivity contribution in [2.75, 3.05) is 26.2 Å². The maximum Gasteiger partial charge on any atom is 0.274 e. The minimum atomic E-state index is -0.268. The molecule has 2 aromatic rings. The topological polar surface area (TPSA) is 92.2 Å². The third kappa shape index (κ3) is 4.33. The number of halogens is 2. The number of aromatic nitrogens is 4. The van der Waals surface area contributed by atoms with Gasteiger partial charge in [-0.15, -0.1) is 0 Å². The Balaban J connectivity index is 1.73. The van der Waals surface area contributed by atoms with Gasteiger partial charge in [-0.3, -0.25) is 9.59 Å². The van der Waals surface area contributed by atoms with E-state index < -0.39 is 0 Å². The number of nitrogens with zero attached hydrogens (tertiary/aromatic N) is 6. The fraction of sp³-hybridized carbons (Fsp3) is 0.412. The van der Waals surface area contributed by atoms with Gasteiger partial charge < -0.3 is 9.80 Å². The first-order valence-corrected chi connectivity index (χ1v) is 9.19. The molecule has 0 spiro atoms. The maximum absolute atomic E-state index is 12.8. The Morgan fingerprint density at radius 3 is 1.63 bits per heavy atom. The van der Waals surface area contributed by atoms with E-state index >= 15 is 0 Å². The van der Waals surface area contributed by atoms with Crippen LogP contribution in [0, 0.1) is 13.8 Å². The zero-order chi connectivity index (χ0) is 19.6. The molecule has 0 bridgehead atoms. The third-order valence-electron chi connectivity index (χ3n) is 4.20. The van der Waals surface area contributed by atoms with Crippen molar-refractivity contribution in [3.05, 3.63) is 45.5 Å². The molecular formula is C17H18Cl2N6O2. The standard InChI is InChI=1S/C17H18Cl2N6O2/c1-10-20-8-12(18)14(22-10)16(26)24-4-3-5-25(7-6-24)17(27)15-13(19)9-21-11(2)23-15/h8-9H,3-7H2,1-2H3. The molecule has 2 amide bonds. The summed E-state index contributed by atoms with van der Waals surface area (Å²) in [5.41, 5.74) is 0.358. The van der Waals surface area contributed by atoms with Gasteiger partial charge in [0.15, 0.2) is 11.4 Å². The van der Waals surface area contributed by atoms with Crippen LogP contribution in [-0.2, 0) is 0 Å². The molecule has 2 aromatic heterocycles. The molecule has 0 N–H and O–H groups in total. The van der Waals surface area contributed by atoms with Crippen LogP contribution in [0.25, 0.3) is 0 Å². The lowest BCUT2D eigenvalue weighted by molar-refractivity contribution is 0.0712. The van der Waals surface area contributed by atoms with Crippen molar-refractivity contribution in [3.8, 4) is 0 Å². The second kappa shape index (κ2) is 8.14. The van der Waals surface area contributed by atoms with E-state index in [9.17, 15) is 9.59 Å². The van der Waals surface area contributed by atoms with Crippen LogP contribution in [0.2, 0.25) is 10.0 Å². The van der Waals surface area contributed by atoms with Gasteiger partial charge in [-0.1, -0.05) is 23.2 Å². The molecule has 1 fully saturated rings. The molecule has 3 rings (SSSR count). The molecule has 0 atom stereocenters. The van der Waals surface area contributed by atoms with Crippen molar-refractivity contribution in [3.63, 3.8) is 0 Å². The van der Waals surface area contributed by atoms with E-state index in [4.69, 9.17) is 23.2 Å². The van der Waals surface area contributed by atoms with Crippen LogP contribution in [-0.4, -0.2) is 67.7 Å². The first-order chi connectivity index (χ1) is 12.9. The smallest absolute Gasteiger partial charge is 0.274 e. The van der Waals surface area contributed by atoms with Gasteiger partial charge in [0.2, 0.25) is 0 Å². The number of aryl methyl sites for hydroxylation is 2. The Morgan fingerprint density at radius 1 is 0.815 bits per heavy atom. The summed E-state index contributed by atoms with van der Waals surface area (Å²) in [7, 11) is 0. The van der Waals surface area contributed by atoms with Crippen LogP contribution in [0.5, 0.6) is 0 Å². The fourth-order valence-corrected chi connectivity index (χ4v) is 3.18. The summed E-state index contributed by atoms with van der Waals surface area (Å²) in [6.07, 6.45) is 3.47. The van der Waals surface area contributed by atoms with E-state index in [0.29, 0.717) is 44.2 Å². The maximum atomic E-state index is 12.8. The monoisotopic (exact) mass is 408 g/mol. The highest BCUT2D eigenvalue weighted by Crippen LogP contribution is 2.18. The highest BCUT2D eigenvalue weighted by Gasteiger charge is 2.27. The van der Waals surface area contributed by atoms with E-state index in [0.717, 1.165) is 0 Å². The number of hydrogen-bond donors (Lipinski definition) is 0. The lowest BCUT2D eigenvalue weighted by Gasteiger charge is -2.22. The predicted octanol–water partition coefficient (Wildman–Crippen LogP) is 2.18. The largest absolute Gasteiger partial charge is 0.335 e. The van der Waals surface area contributed by atoms with E-state index in [1.54, 1.807) is 23.6 Å². The quantitative estimate of drug-likeness (QED) is 0.755. The first kappa shape index (κ1) is 19.4. The molecule has 10 heteroatoms. The second-order valence-electron chi connectivity index (χ2n) is 6.17. The summed E-state index contributed by atoms with van der Waals surface area (Å²) in [6, 6.07) is 0. The van der Waals surface area contributed by atoms with Crippen molar-refractivity contribution in [2.24, 2.45) is 0 Å². The predicted molar refractivity (Wildman–Crippen MR) is 100.0 cm³/mol. The molecule has 1 aliphatic heterocycles. The van der Waals surface area contributed by atoms with Gasteiger partial charge >= 0.3 is 0 Å². The van der Waals surface area contributed by atoms with Crippen molar-refractivity contribution in [2.45, 2.75) is 20.3 Å². The molecule has 3 heterocycles. The average molecular weight is 409 g/mol. The van der Waals surface area contributed by atoms with Crippen molar-refractivity contribution in [1.82, 2.24) is 29.7 Å². The van der Waals surface area contributed by atoms with Gasteiger partial charge in [0.1, 0.15) is 11.6 Å². The average Bonchev–Trinajstić information content (AvgIpc) is 2.91. The van der Waals surface area contributed by atoms with Crippen molar-refractivity contribution < 1.29 is 9.59 Å². The molecule has 1 saturated heterocycles. The Labute approximate surface area is 166 Å². The van der Waals surface area contributed by atoms with Gasteiger partial charge in [0.25, 0.3) is 11.8 Å². The molecule has 1 aliphatic rings. The van der Waals surface area contributed by atoms with E-state index in [1.165, 1.54) is 12.4 Å². The van der Waals surface area contributed by atoms with Crippen LogP contribution < -0.4 is 0 Å². The number of rotatable bonds is 2. The molecule has 27 heavy (non-hydrogen) atoms. The van der Waals surface area contributed by atoms with Gasteiger partial charge in [0.05, 0.1) is 22.4 Å². The summed E-state index contributed by atoms with van der Waals surface area (Å²) < 4.78 is 0. The summed E-state index contributed by atoms with van der Waals surface area (Å²) >= 11 is 12.2. The molecule has 0 radical (unpaired) electrons. The second-order valence-corrected chi connectivity index (χ2v) is 6.98. The molecule has 142 valence electrons. The SMILES string of the molecule is Cc1ncc(Cl)c(C(=O)N2CCCN(C(=O)c3nc(C)ncc3Cl)CC2)n1. The minimum Gasteiger partial charge on any atom is -0.335 e. The van der Waals surface area contributed by atoms with Crippen molar-refractivity contribution >= 4 is 35.0 Å². The number of hydrogen-bond acceptors (Lipinski definition) is 6. The summed E-state index contributed by atoms with van der Waals surface area (Å²) in [5, 5.41) is 0.428. The van der Waals surface area contributed by atoms with Crippen LogP contribution >= 0.6 is 23.2 Å². The molecule has 0 aromatic carbocycles. The van der Waals surface area contributed by atoms with Gasteiger partial charge in [-0.2, -0.15) is 0 Å². The lowest BCUT2D eigenvalue weighted by atomic mass is 10.3. The molecule has 0 aliphatic carbocycles. The van der Waals surface area contributed by atoms with Crippen LogP contribution in [0.15, 0.2) is 12.4 Å². The summed E-state index contributed by atoms with van der Waals surface area (Å²) in [4.78, 5) is 45.1. The number of amides is 2. The molecular weight excluding hydrogens is 391 g/mol. The van der Waals surface area contributed by atoms with Crippen LogP contribution in [0.3, 0.4) is 0 Å². The summed E-state index contributed by atoms with van der Waals surface area (Å²) in [6.45, 7) is 5.13. The Morgan fingerprint density at radius 2 is 1.22 bits per heavy atom. The van der Waals surface area contributed by atoms with E-state index in [-0.39, 0.29) is 33.2 Å². The minimum absolute atomic E-state index is 0.179. The summed E-state index contributed by atoms with van der Waals surface area (Å²) in [5.74, 6) is 0.415.